The second kappa shape index (κ2) is 7.02. The predicted octanol–water partition coefficient (Wildman–Crippen LogP) is 2.64. The van der Waals surface area contributed by atoms with Gasteiger partial charge in [-0.15, -0.1) is 0 Å². The van der Waals surface area contributed by atoms with Gasteiger partial charge in [0, 0.05) is 0 Å². The summed E-state index contributed by atoms with van der Waals surface area (Å²) in [6.07, 6.45) is 7.09. The lowest BCUT2D eigenvalue weighted by Gasteiger charge is -2.31. The number of aliphatic hydroxyl groups excluding tert-OH is 1. The molecule has 0 aromatic carbocycles. The molecule has 0 saturated heterocycles. The van der Waals surface area contributed by atoms with E-state index in [0.717, 1.165) is 12.8 Å². The molecular formula is C12H24O2. The summed E-state index contributed by atoms with van der Waals surface area (Å²) in [4.78, 5) is 0. The lowest BCUT2D eigenvalue weighted by molar-refractivity contribution is -0.0796. The zero-order chi connectivity index (χ0) is 11.0. The number of allylic oxidation sites excluding steroid dienone is 1. The van der Waals surface area contributed by atoms with Crippen LogP contribution < -0.4 is 0 Å². The van der Waals surface area contributed by atoms with E-state index in [-0.39, 0.29) is 0 Å². The molecule has 2 N–H and O–H groups in total. The van der Waals surface area contributed by atoms with Crippen molar-refractivity contribution in [2.24, 2.45) is 0 Å². The molecule has 0 spiro atoms. The average Bonchev–Trinajstić information content (AvgIpc) is 2.17. The Labute approximate surface area is 87.7 Å². The van der Waals surface area contributed by atoms with E-state index in [9.17, 15) is 10.2 Å². The molecule has 0 fully saturated rings. The van der Waals surface area contributed by atoms with Crippen LogP contribution in [0.4, 0.5) is 0 Å². The monoisotopic (exact) mass is 200 g/mol. The zero-order valence-corrected chi connectivity index (χ0v) is 9.66. The van der Waals surface area contributed by atoms with Crippen molar-refractivity contribution >= 4 is 0 Å². The minimum atomic E-state index is -0.921. The van der Waals surface area contributed by atoms with Crippen molar-refractivity contribution in [2.45, 2.75) is 64.6 Å². The fraction of sp³-hybridized carbons (Fsp3) is 0.833. The lowest BCUT2D eigenvalue weighted by atomic mass is 9.86. The minimum Gasteiger partial charge on any atom is -0.390 e. The van der Waals surface area contributed by atoms with Crippen molar-refractivity contribution < 1.29 is 10.2 Å². The van der Waals surface area contributed by atoms with Gasteiger partial charge in [-0.1, -0.05) is 39.3 Å². The second-order valence-electron chi connectivity index (χ2n) is 3.86. The van der Waals surface area contributed by atoms with Crippen molar-refractivity contribution in [1.82, 2.24) is 0 Å². The fourth-order valence-electron chi connectivity index (χ4n) is 1.67. The van der Waals surface area contributed by atoms with E-state index in [1.807, 2.05) is 26.0 Å². The van der Waals surface area contributed by atoms with Crippen molar-refractivity contribution in [1.29, 1.82) is 0 Å². The van der Waals surface area contributed by atoms with Crippen LogP contribution in [0.1, 0.15) is 52.9 Å². The lowest BCUT2D eigenvalue weighted by Crippen LogP contribution is -2.41. The number of hydrogen-bond acceptors (Lipinski definition) is 2. The number of aliphatic hydroxyl groups is 2. The molecule has 0 heterocycles. The molecule has 14 heavy (non-hydrogen) atoms. The number of rotatable bonds is 7. The van der Waals surface area contributed by atoms with Gasteiger partial charge in [-0.2, -0.15) is 0 Å². The van der Waals surface area contributed by atoms with Crippen LogP contribution >= 0.6 is 0 Å². The highest BCUT2D eigenvalue weighted by Crippen LogP contribution is 2.24. The molecule has 0 aromatic rings. The first-order valence-electron chi connectivity index (χ1n) is 5.66. The van der Waals surface area contributed by atoms with Gasteiger partial charge in [0.15, 0.2) is 0 Å². The van der Waals surface area contributed by atoms with Crippen LogP contribution in [0.15, 0.2) is 12.2 Å². The standard InChI is InChI=1S/C12H24O2/c1-4-7-8-10-12(14,9-5-2)11(13)6-3/h7-8,11,13-14H,4-6,9-10H2,1-3H3. The highest BCUT2D eigenvalue weighted by atomic mass is 16.3. The summed E-state index contributed by atoms with van der Waals surface area (Å²) < 4.78 is 0. The summed E-state index contributed by atoms with van der Waals surface area (Å²) in [6.45, 7) is 5.98. The van der Waals surface area contributed by atoms with E-state index in [0.29, 0.717) is 19.3 Å². The first kappa shape index (κ1) is 13.7. The summed E-state index contributed by atoms with van der Waals surface area (Å²) in [5, 5.41) is 19.9. The highest BCUT2D eigenvalue weighted by Gasteiger charge is 2.31. The molecule has 2 atom stereocenters. The van der Waals surface area contributed by atoms with Crippen LogP contribution in [0, 0.1) is 0 Å². The molecule has 0 aliphatic heterocycles. The largest absolute Gasteiger partial charge is 0.390 e. The van der Waals surface area contributed by atoms with E-state index >= 15 is 0 Å². The quantitative estimate of drug-likeness (QED) is 0.620. The smallest absolute Gasteiger partial charge is 0.0939 e. The summed E-state index contributed by atoms with van der Waals surface area (Å²) in [6, 6.07) is 0. The van der Waals surface area contributed by atoms with Gasteiger partial charge in [0.25, 0.3) is 0 Å². The van der Waals surface area contributed by atoms with Crippen LogP contribution in [0.3, 0.4) is 0 Å². The molecule has 0 rings (SSSR count). The molecule has 0 aliphatic carbocycles. The van der Waals surface area contributed by atoms with Gasteiger partial charge in [0.2, 0.25) is 0 Å². The normalized spacial score (nSPS) is 18.4. The molecule has 0 radical (unpaired) electrons. The van der Waals surface area contributed by atoms with Crippen LogP contribution in [0.25, 0.3) is 0 Å². The maximum atomic E-state index is 10.2. The highest BCUT2D eigenvalue weighted by molar-refractivity contribution is 4.94. The van der Waals surface area contributed by atoms with E-state index in [4.69, 9.17) is 0 Å². The summed E-state index contributed by atoms with van der Waals surface area (Å²) in [5.74, 6) is 0. The average molecular weight is 200 g/mol. The molecule has 2 heteroatoms. The summed E-state index contributed by atoms with van der Waals surface area (Å²) in [7, 11) is 0. The Morgan fingerprint density at radius 2 is 1.86 bits per heavy atom. The molecular weight excluding hydrogens is 176 g/mol. The second-order valence-corrected chi connectivity index (χ2v) is 3.86. The van der Waals surface area contributed by atoms with Crippen molar-refractivity contribution in [3.63, 3.8) is 0 Å². The summed E-state index contributed by atoms with van der Waals surface area (Å²) >= 11 is 0. The van der Waals surface area contributed by atoms with Gasteiger partial charge in [0.1, 0.15) is 0 Å². The van der Waals surface area contributed by atoms with Crippen LogP contribution in [0.5, 0.6) is 0 Å². The van der Waals surface area contributed by atoms with Gasteiger partial charge in [0.05, 0.1) is 11.7 Å². The van der Waals surface area contributed by atoms with Gasteiger partial charge >= 0.3 is 0 Å². The third kappa shape index (κ3) is 4.25. The van der Waals surface area contributed by atoms with Gasteiger partial charge in [-0.25, -0.2) is 0 Å². The molecule has 84 valence electrons. The molecule has 0 amide bonds. The maximum absolute atomic E-state index is 10.2. The SMILES string of the molecule is CCC=CCC(O)(CCC)C(O)CC. The third-order valence-corrected chi connectivity index (χ3v) is 2.56. The van der Waals surface area contributed by atoms with E-state index in [2.05, 4.69) is 6.92 Å². The zero-order valence-electron chi connectivity index (χ0n) is 9.66. The molecule has 2 nitrogen and oxygen atoms in total. The first-order valence-corrected chi connectivity index (χ1v) is 5.66. The third-order valence-electron chi connectivity index (χ3n) is 2.56. The Morgan fingerprint density at radius 3 is 2.29 bits per heavy atom. The Morgan fingerprint density at radius 1 is 1.21 bits per heavy atom. The Kier molecular flexibility index (Phi) is 6.85. The summed E-state index contributed by atoms with van der Waals surface area (Å²) in [5.41, 5.74) is -0.921. The van der Waals surface area contributed by atoms with Gasteiger partial charge in [-0.05, 0) is 25.7 Å². The minimum absolute atomic E-state index is 0.559. The first-order chi connectivity index (χ1) is 6.60. The van der Waals surface area contributed by atoms with Crippen molar-refractivity contribution in [3.8, 4) is 0 Å². The van der Waals surface area contributed by atoms with Crippen molar-refractivity contribution in [2.75, 3.05) is 0 Å². The molecule has 0 saturated carbocycles. The Bertz CT molecular complexity index is 166. The van der Waals surface area contributed by atoms with Crippen LogP contribution in [-0.2, 0) is 0 Å². The molecule has 0 aromatic heterocycles. The van der Waals surface area contributed by atoms with E-state index in [1.54, 1.807) is 0 Å². The number of hydrogen-bond donors (Lipinski definition) is 2. The van der Waals surface area contributed by atoms with E-state index in [1.165, 1.54) is 0 Å². The Hall–Kier alpha value is -0.340. The molecule has 0 bridgehead atoms. The predicted molar refractivity (Wildman–Crippen MR) is 60.2 cm³/mol. The van der Waals surface area contributed by atoms with Crippen molar-refractivity contribution in [3.05, 3.63) is 12.2 Å². The van der Waals surface area contributed by atoms with Crippen LogP contribution in [-0.4, -0.2) is 21.9 Å². The topological polar surface area (TPSA) is 40.5 Å². The van der Waals surface area contributed by atoms with Crippen LogP contribution in [0.2, 0.25) is 0 Å². The van der Waals surface area contributed by atoms with Gasteiger partial charge < -0.3 is 10.2 Å². The van der Waals surface area contributed by atoms with Gasteiger partial charge in [-0.3, -0.25) is 0 Å². The maximum Gasteiger partial charge on any atom is 0.0939 e. The Balaban J connectivity index is 4.30. The fourth-order valence-corrected chi connectivity index (χ4v) is 1.67. The van der Waals surface area contributed by atoms with E-state index < -0.39 is 11.7 Å². The molecule has 2 unspecified atom stereocenters. The molecule has 0 aliphatic rings.